The molecule has 2 atom stereocenters. The number of carbonyl (C=O) groups excluding carboxylic acids is 2. The summed E-state index contributed by atoms with van der Waals surface area (Å²) in [4.78, 5) is 26.9. The number of nitrogens with zero attached hydrogens (tertiary/aromatic N) is 1. The summed E-state index contributed by atoms with van der Waals surface area (Å²) in [7, 11) is 0. The minimum atomic E-state index is -4.50. The maximum atomic E-state index is 13.0. The normalized spacial score (nSPS) is 23.3. The predicted octanol–water partition coefficient (Wildman–Crippen LogP) is 4.55. The van der Waals surface area contributed by atoms with Crippen LogP contribution in [0, 0.1) is 11.8 Å². The number of benzene rings is 1. The number of rotatable bonds is 4. The van der Waals surface area contributed by atoms with Crippen LogP contribution >= 0.6 is 15.9 Å². The highest BCUT2D eigenvalue weighted by atomic mass is 79.9. The van der Waals surface area contributed by atoms with E-state index in [4.69, 9.17) is 5.73 Å². The maximum Gasteiger partial charge on any atom is 0.417 e. The number of hydrogen-bond acceptors (Lipinski definition) is 3. The number of amides is 2. The fourth-order valence-corrected chi connectivity index (χ4v) is 4.82. The Morgan fingerprint density at radius 1 is 1.13 bits per heavy atom. The van der Waals surface area contributed by atoms with Gasteiger partial charge in [-0.15, -0.1) is 0 Å². The molecule has 9 heteroatoms. The van der Waals surface area contributed by atoms with Crippen molar-refractivity contribution < 1.29 is 22.8 Å². The largest absolute Gasteiger partial charge is 0.417 e. The average Bonchev–Trinajstić information content (AvgIpc) is 2.69. The van der Waals surface area contributed by atoms with Crippen LogP contribution in [0.15, 0.2) is 22.7 Å². The van der Waals surface area contributed by atoms with Crippen LogP contribution in [0.3, 0.4) is 0 Å². The molecule has 1 aromatic rings. The molecule has 0 radical (unpaired) electrons. The van der Waals surface area contributed by atoms with E-state index in [0.717, 1.165) is 31.7 Å². The lowest BCUT2D eigenvalue weighted by Crippen LogP contribution is -2.48. The molecule has 1 aliphatic carbocycles. The van der Waals surface area contributed by atoms with E-state index in [1.165, 1.54) is 12.1 Å². The second-order valence-corrected chi connectivity index (χ2v) is 9.12. The summed E-state index contributed by atoms with van der Waals surface area (Å²) >= 11 is 2.89. The molecule has 2 aliphatic rings. The van der Waals surface area contributed by atoms with Gasteiger partial charge in [-0.2, -0.15) is 13.2 Å². The molecular formula is C21H27BrF3N3O2. The smallest absolute Gasteiger partial charge is 0.342 e. The molecule has 1 saturated carbocycles. The molecule has 1 aromatic carbocycles. The lowest BCUT2D eigenvalue weighted by atomic mass is 9.83. The highest BCUT2D eigenvalue weighted by molar-refractivity contribution is 9.10. The molecule has 0 bridgehead atoms. The van der Waals surface area contributed by atoms with E-state index in [2.05, 4.69) is 21.2 Å². The van der Waals surface area contributed by atoms with Gasteiger partial charge >= 0.3 is 6.18 Å². The van der Waals surface area contributed by atoms with Gasteiger partial charge in [0.05, 0.1) is 11.5 Å². The summed E-state index contributed by atoms with van der Waals surface area (Å²) in [6.45, 7) is 1.19. The molecule has 2 amide bonds. The first-order chi connectivity index (χ1) is 14.1. The summed E-state index contributed by atoms with van der Waals surface area (Å²) in [6.07, 6.45) is 0.971. The van der Waals surface area contributed by atoms with Gasteiger partial charge in [-0.3, -0.25) is 9.59 Å². The molecule has 3 rings (SSSR count). The summed E-state index contributed by atoms with van der Waals surface area (Å²) < 4.78 is 39.0. The molecule has 1 heterocycles. The molecule has 0 aromatic heterocycles. The van der Waals surface area contributed by atoms with Crippen molar-refractivity contribution in [2.75, 3.05) is 18.4 Å². The second-order valence-electron chi connectivity index (χ2n) is 8.27. The first-order valence-corrected chi connectivity index (χ1v) is 11.2. The lowest BCUT2D eigenvalue weighted by Gasteiger charge is -2.37. The van der Waals surface area contributed by atoms with Crippen molar-refractivity contribution in [3.05, 3.63) is 28.2 Å². The summed E-state index contributed by atoms with van der Waals surface area (Å²) in [6, 6.07) is 3.57. The number of anilines is 1. The standard InChI is InChI=1S/C21H27BrF3N3O2/c22-17-6-5-14(12-16(17)21(23,24)25)27-19(29)11-13-7-9-28(10-8-13)20(30)15-3-1-2-4-18(15)26/h5-6,12-13,15,18H,1-4,7-11,26H2,(H,27,29)/t15-,18-/m0/s1. The lowest BCUT2D eigenvalue weighted by molar-refractivity contribution is -0.139. The average molecular weight is 490 g/mol. The number of hydrogen-bond donors (Lipinski definition) is 2. The zero-order valence-electron chi connectivity index (χ0n) is 16.7. The van der Waals surface area contributed by atoms with Gasteiger partial charge in [-0.25, -0.2) is 0 Å². The third-order valence-electron chi connectivity index (χ3n) is 6.09. The van der Waals surface area contributed by atoms with Crippen molar-refractivity contribution in [1.82, 2.24) is 4.90 Å². The summed E-state index contributed by atoms with van der Waals surface area (Å²) in [5, 5.41) is 2.56. The van der Waals surface area contributed by atoms with Crippen molar-refractivity contribution >= 4 is 33.4 Å². The Morgan fingerprint density at radius 2 is 1.80 bits per heavy atom. The van der Waals surface area contributed by atoms with Crippen LogP contribution in [-0.4, -0.2) is 35.8 Å². The van der Waals surface area contributed by atoms with Crippen LogP contribution in [0.5, 0.6) is 0 Å². The Labute approximate surface area is 182 Å². The highest BCUT2D eigenvalue weighted by Crippen LogP contribution is 2.36. The number of piperidine rings is 1. The van der Waals surface area contributed by atoms with E-state index in [1.807, 2.05) is 4.90 Å². The summed E-state index contributed by atoms with van der Waals surface area (Å²) in [5.74, 6) is -0.186. The molecule has 2 fully saturated rings. The molecule has 166 valence electrons. The minimum absolute atomic E-state index is 0.0669. The van der Waals surface area contributed by atoms with E-state index in [1.54, 1.807) is 0 Å². The van der Waals surface area contributed by atoms with Gasteiger partial charge < -0.3 is 16.0 Å². The van der Waals surface area contributed by atoms with Gasteiger partial charge in [0.15, 0.2) is 0 Å². The van der Waals surface area contributed by atoms with E-state index in [0.29, 0.717) is 25.9 Å². The van der Waals surface area contributed by atoms with Crippen LogP contribution < -0.4 is 11.1 Å². The number of alkyl halides is 3. The molecule has 1 aliphatic heterocycles. The fourth-order valence-electron chi connectivity index (χ4n) is 4.35. The first-order valence-electron chi connectivity index (χ1n) is 10.4. The van der Waals surface area contributed by atoms with Crippen LogP contribution in [0.1, 0.15) is 50.5 Å². The fraction of sp³-hybridized carbons (Fsp3) is 0.619. The van der Waals surface area contributed by atoms with Crippen molar-refractivity contribution in [2.45, 2.75) is 57.2 Å². The van der Waals surface area contributed by atoms with Crippen molar-refractivity contribution in [3.63, 3.8) is 0 Å². The second kappa shape index (κ2) is 9.68. The molecular weight excluding hydrogens is 463 g/mol. The minimum Gasteiger partial charge on any atom is -0.342 e. The topological polar surface area (TPSA) is 75.4 Å². The quantitative estimate of drug-likeness (QED) is 0.651. The third-order valence-corrected chi connectivity index (χ3v) is 6.78. The Balaban J connectivity index is 1.49. The van der Waals surface area contributed by atoms with E-state index in [-0.39, 0.29) is 46.3 Å². The van der Waals surface area contributed by atoms with Gasteiger partial charge in [-0.05, 0) is 49.8 Å². The zero-order chi connectivity index (χ0) is 21.9. The molecule has 3 N–H and O–H groups in total. The molecule has 5 nitrogen and oxygen atoms in total. The van der Waals surface area contributed by atoms with Crippen LogP contribution in [-0.2, 0) is 15.8 Å². The Hall–Kier alpha value is -1.61. The first kappa shape index (κ1) is 23.1. The van der Waals surface area contributed by atoms with Crippen molar-refractivity contribution in [2.24, 2.45) is 17.6 Å². The van der Waals surface area contributed by atoms with Gasteiger partial charge in [0.1, 0.15) is 0 Å². The molecule has 0 unspecified atom stereocenters. The number of halogens is 4. The van der Waals surface area contributed by atoms with Crippen molar-refractivity contribution in [1.29, 1.82) is 0 Å². The predicted molar refractivity (Wildman–Crippen MR) is 112 cm³/mol. The number of likely N-dealkylation sites (tertiary alicyclic amines) is 1. The van der Waals surface area contributed by atoms with Crippen LogP contribution in [0.4, 0.5) is 18.9 Å². The van der Waals surface area contributed by atoms with E-state index in [9.17, 15) is 22.8 Å². The van der Waals surface area contributed by atoms with Crippen LogP contribution in [0.25, 0.3) is 0 Å². The Bertz CT molecular complexity index is 779. The van der Waals surface area contributed by atoms with Crippen LogP contribution in [0.2, 0.25) is 0 Å². The maximum absolute atomic E-state index is 13.0. The van der Waals surface area contributed by atoms with E-state index < -0.39 is 11.7 Å². The van der Waals surface area contributed by atoms with Crippen molar-refractivity contribution in [3.8, 4) is 0 Å². The third kappa shape index (κ3) is 5.75. The number of carbonyl (C=O) groups is 2. The SMILES string of the molecule is N[C@H]1CCCC[C@@H]1C(=O)N1CCC(CC(=O)Nc2ccc(Br)c(C(F)(F)F)c2)CC1. The Kier molecular flexibility index (Phi) is 7.44. The molecule has 0 spiro atoms. The molecule has 1 saturated heterocycles. The van der Waals surface area contributed by atoms with Gasteiger partial charge in [0, 0.05) is 35.7 Å². The number of nitrogens with two attached hydrogens (primary N) is 1. The Morgan fingerprint density at radius 3 is 2.43 bits per heavy atom. The zero-order valence-corrected chi connectivity index (χ0v) is 18.3. The monoisotopic (exact) mass is 489 g/mol. The molecule has 30 heavy (non-hydrogen) atoms. The number of nitrogens with one attached hydrogen (secondary N) is 1. The van der Waals surface area contributed by atoms with Gasteiger partial charge in [0.2, 0.25) is 11.8 Å². The van der Waals surface area contributed by atoms with Gasteiger partial charge in [-0.1, -0.05) is 28.8 Å². The highest BCUT2D eigenvalue weighted by Gasteiger charge is 2.34. The summed E-state index contributed by atoms with van der Waals surface area (Å²) in [5.41, 5.74) is 5.42. The van der Waals surface area contributed by atoms with E-state index >= 15 is 0 Å². The van der Waals surface area contributed by atoms with Gasteiger partial charge in [0.25, 0.3) is 0 Å².